The average molecular weight is 587 g/mol. The molecule has 1 aliphatic rings. The first-order valence-corrected chi connectivity index (χ1v) is 15.1. The van der Waals surface area contributed by atoms with E-state index in [1.807, 2.05) is 57.3 Å². The molecule has 42 heavy (non-hydrogen) atoms. The molecule has 0 spiro atoms. The molecule has 2 atom stereocenters. The van der Waals surface area contributed by atoms with Gasteiger partial charge in [0, 0.05) is 35.3 Å². The van der Waals surface area contributed by atoms with Gasteiger partial charge in [-0.1, -0.05) is 48.0 Å². The van der Waals surface area contributed by atoms with Gasteiger partial charge in [0.25, 0.3) is 0 Å². The third-order valence-electron chi connectivity index (χ3n) is 8.77. The fourth-order valence-electron chi connectivity index (χ4n) is 7.34. The number of hydrogen-bond acceptors (Lipinski definition) is 2. The first-order chi connectivity index (χ1) is 20.0. The number of methoxy groups -OCH3 is 1. The molecule has 0 amide bonds. The first-order valence-electron chi connectivity index (χ1n) is 14.3. The second-order valence-corrected chi connectivity index (χ2v) is 12.7. The first kappa shape index (κ1) is 28.6. The van der Waals surface area contributed by atoms with Crippen LogP contribution in [0.25, 0.3) is 42.6 Å². The fourth-order valence-corrected chi connectivity index (χ4v) is 8.76. The molecule has 0 radical (unpaired) electrons. The summed E-state index contributed by atoms with van der Waals surface area (Å²) in [5, 5.41) is 1.48. The lowest BCUT2D eigenvalue weighted by atomic mass is 9.78. The number of nitrogens with zero attached hydrogens (tertiary/aromatic N) is 1. The molecule has 5 aromatic rings. The number of aryl methyl sites for hydroxylation is 5. The average Bonchev–Trinajstić information content (AvgIpc) is 3.28. The quantitative estimate of drug-likeness (QED) is 0.148. The summed E-state index contributed by atoms with van der Waals surface area (Å²) in [5.74, 6) is 0.146. The summed E-state index contributed by atoms with van der Waals surface area (Å²) in [6.45, 7) is 14.8. The van der Waals surface area contributed by atoms with Crippen LogP contribution in [0.2, 0.25) is 0 Å². The van der Waals surface area contributed by atoms with Crippen LogP contribution in [0.5, 0.6) is 0 Å². The van der Waals surface area contributed by atoms with E-state index in [9.17, 15) is 0 Å². The van der Waals surface area contributed by atoms with Gasteiger partial charge in [-0.3, -0.25) is 0 Å². The van der Waals surface area contributed by atoms with Crippen LogP contribution in [-0.2, 0) is 10.9 Å². The van der Waals surface area contributed by atoms with Crippen molar-refractivity contribution in [2.45, 2.75) is 59.2 Å². The minimum atomic E-state index is -4.52. The number of hydrogen-bond donors (Lipinski definition) is 0. The van der Waals surface area contributed by atoms with Crippen LogP contribution in [0.15, 0.2) is 61.3 Å². The number of rotatable bonds is 5. The van der Waals surface area contributed by atoms with E-state index in [1.165, 1.54) is 22.5 Å². The van der Waals surface area contributed by atoms with Crippen LogP contribution >= 0.6 is 11.3 Å². The van der Waals surface area contributed by atoms with Gasteiger partial charge in [0.15, 0.2) is 12.2 Å². The van der Waals surface area contributed by atoms with Crippen LogP contribution in [0.1, 0.15) is 57.3 Å². The third-order valence-corrected chi connectivity index (χ3v) is 10.0. The summed E-state index contributed by atoms with van der Waals surface area (Å²) < 4.78 is 54.1. The molecule has 2 aromatic heterocycles. The van der Waals surface area contributed by atoms with Gasteiger partial charge in [0.1, 0.15) is 4.70 Å². The number of halogens is 3. The third kappa shape index (κ3) is 4.38. The van der Waals surface area contributed by atoms with Crippen molar-refractivity contribution in [1.29, 1.82) is 0 Å². The highest BCUT2D eigenvalue weighted by molar-refractivity contribution is 7.26. The summed E-state index contributed by atoms with van der Waals surface area (Å²) in [6, 6.07) is 13.8. The van der Waals surface area contributed by atoms with Crippen LogP contribution in [-0.4, -0.2) is 13.7 Å². The monoisotopic (exact) mass is 586 g/mol. The minimum absolute atomic E-state index is 0.0471. The predicted octanol–water partition coefficient (Wildman–Crippen LogP) is 10.1. The molecule has 2 unspecified atom stereocenters. The number of allylic oxidation sites excluding steroid dienone is 1. The van der Waals surface area contributed by atoms with Gasteiger partial charge < -0.3 is 4.74 Å². The Hall–Kier alpha value is -3.48. The van der Waals surface area contributed by atoms with Crippen molar-refractivity contribution in [3.8, 4) is 22.4 Å². The van der Waals surface area contributed by atoms with Crippen molar-refractivity contribution in [3.63, 3.8) is 0 Å². The highest BCUT2D eigenvalue weighted by Gasteiger charge is 2.42. The van der Waals surface area contributed by atoms with E-state index in [2.05, 4.69) is 37.1 Å². The Morgan fingerprint density at radius 3 is 2.17 bits per heavy atom. The van der Waals surface area contributed by atoms with E-state index in [0.29, 0.717) is 17.6 Å². The fraction of sp³-hybridized carbons (Fsp3) is 0.306. The molecule has 6 heteroatoms. The Balaban J connectivity index is 1.72. The SMILES string of the molecule is C=CC1C(CCOC)c2c(C)cc(C)cc2-c2c3sc4c(C(F)(F)F)c(-c5c(C)cc(C)cc5C)ccc4c3cc[n+]21. The van der Waals surface area contributed by atoms with Gasteiger partial charge in [-0.15, -0.1) is 11.3 Å². The lowest BCUT2D eigenvalue weighted by molar-refractivity contribution is -0.706. The second-order valence-electron chi connectivity index (χ2n) is 11.7. The van der Waals surface area contributed by atoms with E-state index in [0.717, 1.165) is 50.0 Å². The molecule has 216 valence electrons. The number of pyridine rings is 1. The Bertz CT molecular complexity index is 1880. The van der Waals surface area contributed by atoms with E-state index in [1.54, 1.807) is 13.2 Å². The number of thiophene rings is 1. The van der Waals surface area contributed by atoms with E-state index in [4.69, 9.17) is 4.74 Å². The number of fused-ring (bicyclic) bond motifs is 7. The molecule has 1 aliphatic heterocycles. The predicted molar refractivity (Wildman–Crippen MR) is 168 cm³/mol. The maximum Gasteiger partial charge on any atom is 0.418 e. The van der Waals surface area contributed by atoms with Crippen molar-refractivity contribution in [2.75, 3.05) is 13.7 Å². The van der Waals surface area contributed by atoms with Crippen molar-refractivity contribution < 1.29 is 22.5 Å². The Morgan fingerprint density at radius 2 is 1.52 bits per heavy atom. The Labute approximate surface area is 249 Å². The smallest absolute Gasteiger partial charge is 0.385 e. The van der Waals surface area contributed by atoms with Crippen LogP contribution in [0.4, 0.5) is 13.2 Å². The molecule has 3 heterocycles. The van der Waals surface area contributed by atoms with E-state index < -0.39 is 11.7 Å². The standard InChI is InChI=1S/C36H35F3NOS/c1-8-29-26(12-14-41-7)31-23(6)17-20(3)18-28(31)33-35-25(11-13-40(29)33)24-9-10-27(32(34(24)42-35)36(37,38)39)30-21(4)15-19(2)16-22(30)5/h8-11,13,15-18,26,29H,1,12,14H2,2-7H3/q+1. The molecule has 2 nitrogen and oxygen atoms in total. The number of benzene rings is 3. The van der Waals surface area contributed by atoms with E-state index in [-0.39, 0.29) is 22.2 Å². The molecular weight excluding hydrogens is 551 g/mol. The zero-order valence-corrected chi connectivity index (χ0v) is 25.7. The maximum absolute atomic E-state index is 15.1. The van der Waals surface area contributed by atoms with Gasteiger partial charge >= 0.3 is 6.18 Å². The van der Waals surface area contributed by atoms with Crippen molar-refractivity contribution in [2.24, 2.45) is 0 Å². The van der Waals surface area contributed by atoms with Crippen molar-refractivity contribution >= 4 is 31.5 Å². The van der Waals surface area contributed by atoms with Crippen LogP contribution in [0, 0.1) is 34.6 Å². The molecule has 0 saturated carbocycles. The molecule has 0 aliphatic carbocycles. The normalized spacial score (nSPS) is 16.6. The summed E-state index contributed by atoms with van der Waals surface area (Å²) in [4.78, 5) is 0. The molecule has 6 rings (SSSR count). The molecule has 0 fully saturated rings. The molecule has 0 bridgehead atoms. The Morgan fingerprint density at radius 1 is 0.881 bits per heavy atom. The summed E-state index contributed by atoms with van der Waals surface area (Å²) in [5.41, 5.74) is 8.69. The Kier molecular flexibility index (Phi) is 7.06. The molecular formula is C36H35F3NOS+. The van der Waals surface area contributed by atoms with Gasteiger partial charge in [0.2, 0.25) is 5.69 Å². The van der Waals surface area contributed by atoms with Crippen molar-refractivity contribution in [1.82, 2.24) is 0 Å². The second kappa shape index (κ2) is 10.4. The highest BCUT2D eigenvalue weighted by Crippen LogP contribution is 2.51. The minimum Gasteiger partial charge on any atom is -0.385 e. The number of aromatic nitrogens is 1. The van der Waals surface area contributed by atoms with Crippen LogP contribution < -0.4 is 4.57 Å². The lowest BCUT2D eigenvalue weighted by Crippen LogP contribution is -2.47. The van der Waals surface area contributed by atoms with Gasteiger partial charge in [-0.2, -0.15) is 17.7 Å². The maximum atomic E-state index is 15.1. The summed E-state index contributed by atoms with van der Waals surface area (Å²) in [6.07, 6.45) is 0.296. The summed E-state index contributed by atoms with van der Waals surface area (Å²) >= 11 is 1.26. The molecule has 3 aromatic carbocycles. The number of alkyl halides is 3. The molecule has 0 N–H and O–H groups in total. The van der Waals surface area contributed by atoms with Gasteiger partial charge in [-0.25, -0.2) is 0 Å². The lowest BCUT2D eigenvalue weighted by Gasteiger charge is -2.30. The summed E-state index contributed by atoms with van der Waals surface area (Å²) in [7, 11) is 1.71. The molecule has 0 saturated heterocycles. The zero-order valence-electron chi connectivity index (χ0n) is 24.9. The topological polar surface area (TPSA) is 13.1 Å². The van der Waals surface area contributed by atoms with Crippen LogP contribution in [0.3, 0.4) is 0 Å². The van der Waals surface area contributed by atoms with E-state index >= 15 is 13.2 Å². The van der Waals surface area contributed by atoms with Gasteiger partial charge in [-0.05, 0) is 86.6 Å². The highest BCUT2D eigenvalue weighted by atomic mass is 32.1. The van der Waals surface area contributed by atoms with Gasteiger partial charge in [0.05, 0.1) is 17.0 Å². The largest absolute Gasteiger partial charge is 0.418 e. The number of ether oxygens (including phenoxy) is 1. The zero-order chi connectivity index (χ0) is 30.1. The van der Waals surface area contributed by atoms with Crippen molar-refractivity contribution in [3.05, 3.63) is 100 Å².